The van der Waals surface area contributed by atoms with Crippen LogP contribution in [0, 0.1) is 0 Å². The van der Waals surface area contributed by atoms with Crippen molar-refractivity contribution >= 4 is 5.91 Å². The van der Waals surface area contributed by atoms with E-state index in [2.05, 4.69) is 5.32 Å². The summed E-state index contributed by atoms with van der Waals surface area (Å²) in [6.45, 7) is 0.0587. The molecule has 1 atom stereocenters. The summed E-state index contributed by atoms with van der Waals surface area (Å²) in [4.78, 5) is 24.4. The molecular weight excluding hydrogens is 320 g/mol. The quantitative estimate of drug-likeness (QED) is 0.879. The third-order valence-corrected chi connectivity index (χ3v) is 4.76. The Hall–Kier alpha value is -2.60. The number of carbonyl (C=O) groups excluding carboxylic acids is 1. The van der Waals surface area contributed by atoms with Gasteiger partial charge in [-0.1, -0.05) is 6.07 Å². The Morgan fingerprint density at radius 1 is 1.40 bits per heavy atom. The molecule has 2 aromatic rings. The lowest BCUT2D eigenvalue weighted by molar-refractivity contribution is 0.0188. The molecule has 0 bridgehead atoms. The first-order chi connectivity index (χ1) is 11.9. The SMILES string of the molecule is COc1ccc2c(c1)CCC[C@]2(O)CNC(=O)c1cccn(C)c1=O. The topological polar surface area (TPSA) is 80.6 Å². The molecule has 1 aromatic carbocycles. The van der Waals surface area contributed by atoms with Crippen molar-refractivity contribution in [3.63, 3.8) is 0 Å². The Balaban J connectivity index is 1.81. The molecule has 0 radical (unpaired) electrons. The molecule has 0 unspecified atom stereocenters. The summed E-state index contributed by atoms with van der Waals surface area (Å²) < 4.78 is 6.59. The molecule has 25 heavy (non-hydrogen) atoms. The molecule has 3 rings (SSSR count). The van der Waals surface area contributed by atoms with Crippen molar-refractivity contribution in [2.24, 2.45) is 7.05 Å². The van der Waals surface area contributed by atoms with Crippen LogP contribution in [0.3, 0.4) is 0 Å². The Morgan fingerprint density at radius 3 is 2.96 bits per heavy atom. The van der Waals surface area contributed by atoms with Gasteiger partial charge in [0.2, 0.25) is 0 Å². The number of aryl methyl sites for hydroxylation is 2. The standard InChI is InChI=1S/C19H22N2O4/c1-21-10-4-6-15(18(21)23)17(22)20-12-19(24)9-3-5-13-11-14(25-2)7-8-16(13)19/h4,6-8,10-11,24H,3,5,9,12H2,1-2H3,(H,20,22)/t19-/m0/s1. The molecule has 132 valence electrons. The van der Waals surface area contributed by atoms with E-state index in [0.717, 1.165) is 29.7 Å². The third-order valence-electron chi connectivity index (χ3n) is 4.76. The number of fused-ring (bicyclic) bond motifs is 1. The number of methoxy groups -OCH3 is 1. The smallest absolute Gasteiger partial charge is 0.263 e. The van der Waals surface area contributed by atoms with Gasteiger partial charge in [-0.3, -0.25) is 9.59 Å². The number of aliphatic hydroxyl groups is 1. The number of rotatable bonds is 4. The Labute approximate surface area is 146 Å². The normalized spacial score (nSPS) is 19.2. The van der Waals surface area contributed by atoms with Gasteiger partial charge in [0.05, 0.1) is 13.7 Å². The van der Waals surface area contributed by atoms with Gasteiger partial charge in [0.15, 0.2) is 0 Å². The molecule has 1 aromatic heterocycles. The summed E-state index contributed by atoms with van der Waals surface area (Å²) in [5.74, 6) is 0.273. The second-order valence-electron chi connectivity index (χ2n) is 6.43. The van der Waals surface area contributed by atoms with Crippen LogP contribution in [0.4, 0.5) is 0 Å². The molecule has 0 saturated carbocycles. The van der Waals surface area contributed by atoms with Crippen molar-refractivity contribution in [2.45, 2.75) is 24.9 Å². The minimum Gasteiger partial charge on any atom is -0.497 e. The van der Waals surface area contributed by atoms with E-state index in [0.29, 0.717) is 6.42 Å². The average Bonchev–Trinajstić information content (AvgIpc) is 2.62. The maximum absolute atomic E-state index is 12.4. The van der Waals surface area contributed by atoms with Gasteiger partial charge < -0.3 is 19.7 Å². The van der Waals surface area contributed by atoms with Crippen LogP contribution in [0.2, 0.25) is 0 Å². The van der Waals surface area contributed by atoms with Gasteiger partial charge in [-0.25, -0.2) is 0 Å². The minimum atomic E-state index is -1.14. The first-order valence-corrected chi connectivity index (χ1v) is 8.28. The van der Waals surface area contributed by atoms with Gasteiger partial charge in [-0.05, 0) is 54.7 Å². The highest BCUT2D eigenvalue weighted by Gasteiger charge is 2.35. The zero-order valence-electron chi connectivity index (χ0n) is 14.4. The third kappa shape index (κ3) is 3.30. The Morgan fingerprint density at radius 2 is 2.20 bits per heavy atom. The van der Waals surface area contributed by atoms with E-state index < -0.39 is 11.5 Å². The predicted molar refractivity (Wildman–Crippen MR) is 93.8 cm³/mol. The first kappa shape index (κ1) is 17.2. The number of ether oxygens (including phenoxy) is 1. The maximum atomic E-state index is 12.4. The van der Waals surface area contributed by atoms with Crippen molar-refractivity contribution in [1.29, 1.82) is 0 Å². The van der Waals surface area contributed by atoms with Crippen molar-refractivity contribution in [3.8, 4) is 5.75 Å². The number of aromatic nitrogens is 1. The number of pyridine rings is 1. The largest absolute Gasteiger partial charge is 0.497 e. The average molecular weight is 342 g/mol. The number of carbonyl (C=O) groups is 1. The Kier molecular flexibility index (Phi) is 4.63. The monoisotopic (exact) mass is 342 g/mol. The van der Waals surface area contributed by atoms with E-state index in [1.807, 2.05) is 18.2 Å². The molecule has 6 nitrogen and oxygen atoms in total. The summed E-state index contributed by atoms with van der Waals surface area (Å²) in [5.41, 5.74) is 0.397. The van der Waals surface area contributed by atoms with Gasteiger partial charge >= 0.3 is 0 Å². The number of nitrogens with one attached hydrogen (secondary N) is 1. The number of amides is 1. The fourth-order valence-electron chi connectivity index (χ4n) is 3.34. The molecule has 0 saturated heterocycles. The molecule has 1 aliphatic rings. The Bertz CT molecular complexity index is 859. The summed E-state index contributed by atoms with van der Waals surface area (Å²) in [6.07, 6.45) is 3.83. The number of hydrogen-bond acceptors (Lipinski definition) is 4. The van der Waals surface area contributed by atoms with E-state index in [1.54, 1.807) is 26.4 Å². The highest BCUT2D eigenvalue weighted by molar-refractivity contribution is 5.93. The maximum Gasteiger partial charge on any atom is 0.263 e. The van der Waals surface area contributed by atoms with Crippen LogP contribution in [0.15, 0.2) is 41.3 Å². The minimum absolute atomic E-state index is 0.0587. The molecule has 1 aliphatic carbocycles. The van der Waals surface area contributed by atoms with Crippen LogP contribution >= 0.6 is 0 Å². The fraction of sp³-hybridized carbons (Fsp3) is 0.368. The number of nitrogens with zero attached hydrogens (tertiary/aromatic N) is 1. The summed E-state index contributed by atoms with van der Waals surface area (Å²) >= 11 is 0. The predicted octanol–water partition coefficient (Wildman–Crippen LogP) is 1.35. The van der Waals surface area contributed by atoms with Crippen LogP contribution in [0.1, 0.15) is 34.3 Å². The van der Waals surface area contributed by atoms with E-state index in [4.69, 9.17) is 4.74 Å². The highest BCUT2D eigenvalue weighted by Crippen LogP contribution is 2.36. The molecule has 2 N–H and O–H groups in total. The van der Waals surface area contributed by atoms with Crippen LogP contribution < -0.4 is 15.6 Å². The van der Waals surface area contributed by atoms with Crippen molar-refractivity contribution < 1.29 is 14.6 Å². The summed E-state index contributed by atoms with van der Waals surface area (Å²) in [5, 5.41) is 13.8. The summed E-state index contributed by atoms with van der Waals surface area (Å²) in [6, 6.07) is 8.72. The summed E-state index contributed by atoms with van der Waals surface area (Å²) in [7, 11) is 3.20. The second kappa shape index (κ2) is 6.72. The molecule has 0 spiro atoms. The van der Waals surface area contributed by atoms with Gasteiger partial charge in [-0.2, -0.15) is 0 Å². The van der Waals surface area contributed by atoms with Crippen LogP contribution in [0.5, 0.6) is 5.75 Å². The fourth-order valence-corrected chi connectivity index (χ4v) is 3.34. The van der Waals surface area contributed by atoms with Crippen LogP contribution in [0.25, 0.3) is 0 Å². The molecule has 1 amide bonds. The molecule has 0 fully saturated rings. The molecular formula is C19H22N2O4. The second-order valence-corrected chi connectivity index (χ2v) is 6.43. The van der Waals surface area contributed by atoms with Crippen LogP contribution in [-0.2, 0) is 19.1 Å². The highest BCUT2D eigenvalue weighted by atomic mass is 16.5. The van der Waals surface area contributed by atoms with Gasteiger partial charge in [0.25, 0.3) is 11.5 Å². The zero-order chi connectivity index (χ0) is 18.0. The van der Waals surface area contributed by atoms with Gasteiger partial charge in [0.1, 0.15) is 16.9 Å². The van der Waals surface area contributed by atoms with E-state index in [-0.39, 0.29) is 17.7 Å². The van der Waals surface area contributed by atoms with Crippen molar-refractivity contribution in [3.05, 3.63) is 63.6 Å². The lowest BCUT2D eigenvalue weighted by Crippen LogP contribution is -2.44. The van der Waals surface area contributed by atoms with E-state index in [9.17, 15) is 14.7 Å². The van der Waals surface area contributed by atoms with E-state index >= 15 is 0 Å². The molecule has 6 heteroatoms. The lowest BCUT2D eigenvalue weighted by Gasteiger charge is -2.34. The van der Waals surface area contributed by atoms with Gasteiger partial charge in [-0.15, -0.1) is 0 Å². The number of hydrogen-bond donors (Lipinski definition) is 2. The molecule has 1 heterocycles. The van der Waals surface area contributed by atoms with Gasteiger partial charge in [0, 0.05) is 13.2 Å². The molecule has 0 aliphatic heterocycles. The first-order valence-electron chi connectivity index (χ1n) is 8.28. The zero-order valence-corrected chi connectivity index (χ0v) is 14.4. The lowest BCUT2D eigenvalue weighted by atomic mass is 9.79. The van der Waals surface area contributed by atoms with Crippen molar-refractivity contribution in [2.75, 3.05) is 13.7 Å². The van der Waals surface area contributed by atoms with Crippen LogP contribution in [-0.4, -0.2) is 29.2 Å². The van der Waals surface area contributed by atoms with E-state index in [1.165, 1.54) is 10.6 Å². The van der Waals surface area contributed by atoms with Crippen molar-refractivity contribution in [1.82, 2.24) is 9.88 Å². The number of benzene rings is 1.